The molecule has 0 radical (unpaired) electrons. The second kappa shape index (κ2) is 6.20. The summed E-state index contributed by atoms with van der Waals surface area (Å²) in [7, 11) is -4.11. The normalized spacial score (nSPS) is 23.7. The van der Waals surface area contributed by atoms with Gasteiger partial charge in [0.1, 0.15) is 10.6 Å². The van der Waals surface area contributed by atoms with Crippen LogP contribution in [0.1, 0.15) is 25.7 Å². The summed E-state index contributed by atoms with van der Waals surface area (Å²) in [5.41, 5.74) is -0.148. The molecule has 3 rings (SSSR count). The van der Waals surface area contributed by atoms with E-state index in [2.05, 4.69) is 9.46 Å². The quantitative estimate of drug-likeness (QED) is 0.891. The lowest BCUT2D eigenvalue weighted by Gasteiger charge is -2.51. The summed E-state index contributed by atoms with van der Waals surface area (Å²) >= 11 is 0. The molecule has 1 spiro atoms. The lowest BCUT2D eigenvalue weighted by molar-refractivity contribution is -0.275. The molecule has 1 aliphatic carbocycles. The fraction of sp³-hybridized carbons (Fsp3) is 0.600. The lowest BCUT2D eigenvalue weighted by atomic mass is 9.60. The van der Waals surface area contributed by atoms with Gasteiger partial charge in [-0.15, -0.1) is 13.2 Å². The molecule has 1 N–H and O–H groups in total. The van der Waals surface area contributed by atoms with Crippen LogP contribution < -0.4 is 9.46 Å². The number of para-hydroxylation sites is 1. The van der Waals surface area contributed by atoms with Gasteiger partial charge in [-0.3, -0.25) is 0 Å². The van der Waals surface area contributed by atoms with E-state index in [1.54, 1.807) is 0 Å². The van der Waals surface area contributed by atoms with Crippen molar-refractivity contribution in [3.63, 3.8) is 0 Å². The van der Waals surface area contributed by atoms with Gasteiger partial charge in [-0.25, -0.2) is 13.1 Å². The topological polar surface area (TPSA) is 64.6 Å². The van der Waals surface area contributed by atoms with Gasteiger partial charge in [0.25, 0.3) is 0 Å². The van der Waals surface area contributed by atoms with Crippen LogP contribution in [0.2, 0.25) is 0 Å². The van der Waals surface area contributed by atoms with E-state index in [-0.39, 0.29) is 11.5 Å². The number of rotatable bonds is 4. The van der Waals surface area contributed by atoms with E-state index in [0.29, 0.717) is 19.6 Å². The van der Waals surface area contributed by atoms with Crippen molar-refractivity contribution in [2.24, 2.45) is 5.41 Å². The molecule has 134 valence electrons. The van der Waals surface area contributed by atoms with Crippen LogP contribution in [-0.4, -0.2) is 34.0 Å². The first kappa shape index (κ1) is 17.5. The number of alkyl halides is 3. The molecule has 1 unspecified atom stereocenters. The van der Waals surface area contributed by atoms with Gasteiger partial charge in [0, 0.05) is 19.3 Å². The Morgan fingerprint density at radius 2 is 1.83 bits per heavy atom. The average molecular weight is 365 g/mol. The van der Waals surface area contributed by atoms with E-state index in [1.165, 1.54) is 12.1 Å². The second-order valence-electron chi connectivity index (χ2n) is 6.18. The van der Waals surface area contributed by atoms with Crippen molar-refractivity contribution in [3.8, 4) is 5.75 Å². The van der Waals surface area contributed by atoms with E-state index in [4.69, 9.17) is 4.74 Å². The third-order valence-corrected chi connectivity index (χ3v) is 6.33. The summed E-state index contributed by atoms with van der Waals surface area (Å²) < 4.78 is 74.3. The maximum absolute atomic E-state index is 12.6. The molecular formula is C15H18F3NO4S. The highest BCUT2D eigenvalue weighted by atomic mass is 32.2. The van der Waals surface area contributed by atoms with Crippen molar-refractivity contribution in [1.29, 1.82) is 0 Å². The van der Waals surface area contributed by atoms with Crippen LogP contribution in [-0.2, 0) is 14.8 Å². The zero-order valence-electron chi connectivity index (χ0n) is 12.8. The average Bonchev–Trinajstić information content (AvgIpc) is 2.51. The molecule has 2 fully saturated rings. The molecule has 0 bridgehead atoms. The molecule has 24 heavy (non-hydrogen) atoms. The molecule has 1 aromatic carbocycles. The Balaban J connectivity index is 1.81. The molecule has 1 aliphatic heterocycles. The predicted octanol–water partition coefficient (Wildman–Crippen LogP) is 2.82. The third kappa shape index (κ3) is 3.52. The van der Waals surface area contributed by atoms with Gasteiger partial charge in [0.15, 0.2) is 0 Å². The number of halogens is 3. The molecule has 5 nitrogen and oxygen atoms in total. The van der Waals surface area contributed by atoms with Crippen molar-refractivity contribution in [2.75, 3.05) is 13.2 Å². The Labute approximate surface area is 138 Å². The van der Waals surface area contributed by atoms with Crippen LogP contribution in [0, 0.1) is 5.41 Å². The van der Waals surface area contributed by atoms with E-state index < -0.39 is 27.0 Å². The SMILES string of the molecule is O=S(=O)(NC1CCC12CCOCC2)c1ccccc1OC(F)(F)F. The number of hydrogen-bond acceptors (Lipinski definition) is 4. The molecule has 9 heteroatoms. The van der Waals surface area contributed by atoms with Crippen LogP contribution in [0.15, 0.2) is 29.2 Å². The Bertz CT molecular complexity index is 699. The van der Waals surface area contributed by atoms with Crippen molar-refractivity contribution < 1.29 is 31.1 Å². The molecule has 1 aromatic rings. The number of sulfonamides is 1. The summed E-state index contributed by atoms with van der Waals surface area (Å²) in [5, 5.41) is 0. The summed E-state index contributed by atoms with van der Waals surface area (Å²) in [4.78, 5) is -0.503. The van der Waals surface area contributed by atoms with Crippen molar-refractivity contribution in [2.45, 2.75) is 43.0 Å². The van der Waals surface area contributed by atoms with Gasteiger partial charge in [-0.2, -0.15) is 0 Å². The Kier molecular flexibility index (Phi) is 4.52. The summed E-state index contributed by atoms with van der Waals surface area (Å²) in [5.74, 6) is -0.724. The zero-order chi connectivity index (χ0) is 17.4. The van der Waals surface area contributed by atoms with Gasteiger partial charge in [0.2, 0.25) is 10.0 Å². The van der Waals surface area contributed by atoms with Gasteiger partial charge >= 0.3 is 6.36 Å². The minimum Gasteiger partial charge on any atom is -0.404 e. The van der Waals surface area contributed by atoms with E-state index in [9.17, 15) is 21.6 Å². The maximum Gasteiger partial charge on any atom is 0.573 e. The maximum atomic E-state index is 12.6. The smallest absolute Gasteiger partial charge is 0.404 e. The number of benzene rings is 1. The predicted molar refractivity (Wildman–Crippen MR) is 79.0 cm³/mol. The molecule has 0 amide bonds. The Hall–Kier alpha value is -1.32. The van der Waals surface area contributed by atoms with Crippen molar-refractivity contribution >= 4 is 10.0 Å². The largest absolute Gasteiger partial charge is 0.573 e. The fourth-order valence-corrected chi connectivity index (χ4v) is 4.89. The first-order valence-electron chi connectivity index (χ1n) is 7.67. The second-order valence-corrected chi connectivity index (χ2v) is 7.86. The molecule has 1 heterocycles. The Morgan fingerprint density at radius 1 is 1.17 bits per heavy atom. The van der Waals surface area contributed by atoms with Crippen molar-refractivity contribution in [3.05, 3.63) is 24.3 Å². The fourth-order valence-electron chi connectivity index (χ4n) is 3.39. The first-order chi connectivity index (χ1) is 11.2. The van der Waals surface area contributed by atoms with Gasteiger partial charge in [-0.1, -0.05) is 12.1 Å². The number of hydrogen-bond donors (Lipinski definition) is 1. The summed E-state index contributed by atoms with van der Waals surface area (Å²) in [6, 6.07) is 4.48. The van der Waals surface area contributed by atoms with Crippen LogP contribution in [0.5, 0.6) is 5.75 Å². The van der Waals surface area contributed by atoms with E-state index in [0.717, 1.165) is 31.4 Å². The minimum atomic E-state index is -4.95. The lowest BCUT2D eigenvalue weighted by Crippen LogP contribution is -2.57. The summed E-state index contributed by atoms with van der Waals surface area (Å²) in [6.07, 6.45) is -1.89. The standard InChI is InChI=1S/C15H18F3NO4S/c16-15(17,18)23-11-3-1-2-4-12(11)24(20,21)19-13-5-6-14(13)7-9-22-10-8-14/h1-4,13,19H,5-10H2. The first-order valence-corrected chi connectivity index (χ1v) is 9.15. The number of nitrogens with one attached hydrogen (secondary N) is 1. The molecule has 1 saturated heterocycles. The molecule has 0 aromatic heterocycles. The van der Waals surface area contributed by atoms with Crippen LogP contribution in [0.4, 0.5) is 13.2 Å². The molecule has 1 atom stereocenters. The van der Waals surface area contributed by atoms with Gasteiger partial charge in [-0.05, 0) is 43.2 Å². The summed E-state index contributed by atoms with van der Waals surface area (Å²) in [6.45, 7) is 1.15. The zero-order valence-corrected chi connectivity index (χ0v) is 13.6. The van der Waals surface area contributed by atoms with Crippen molar-refractivity contribution in [1.82, 2.24) is 4.72 Å². The Morgan fingerprint density at radius 3 is 2.42 bits per heavy atom. The van der Waals surface area contributed by atoms with E-state index >= 15 is 0 Å². The van der Waals surface area contributed by atoms with Gasteiger partial charge < -0.3 is 9.47 Å². The van der Waals surface area contributed by atoms with Crippen LogP contribution in [0.25, 0.3) is 0 Å². The molecular weight excluding hydrogens is 347 g/mol. The minimum absolute atomic E-state index is 0.148. The van der Waals surface area contributed by atoms with E-state index in [1.807, 2.05) is 0 Å². The molecule has 2 aliphatic rings. The number of ether oxygens (including phenoxy) is 2. The highest BCUT2D eigenvalue weighted by Crippen LogP contribution is 2.49. The van der Waals surface area contributed by atoms with Crippen LogP contribution >= 0.6 is 0 Å². The van der Waals surface area contributed by atoms with Gasteiger partial charge in [0.05, 0.1) is 0 Å². The molecule has 1 saturated carbocycles. The monoisotopic (exact) mass is 365 g/mol. The third-order valence-electron chi connectivity index (χ3n) is 4.82. The highest BCUT2D eigenvalue weighted by molar-refractivity contribution is 7.89. The van der Waals surface area contributed by atoms with Crippen LogP contribution in [0.3, 0.4) is 0 Å². The highest BCUT2D eigenvalue weighted by Gasteiger charge is 2.49.